The van der Waals surface area contributed by atoms with Crippen LogP contribution in [0.15, 0.2) is 0 Å². The van der Waals surface area contributed by atoms with Crippen LogP contribution in [-0.4, -0.2) is 39.1 Å². The fourth-order valence-electron chi connectivity index (χ4n) is 2.35. The molecule has 2 amide bonds. The van der Waals surface area contributed by atoms with Crippen molar-refractivity contribution in [3.8, 4) is 0 Å². The Kier molecular flexibility index (Phi) is 3.21. The number of hydrogen-bond donors (Lipinski definition) is 1. The summed E-state index contributed by atoms with van der Waals surface area (Å²) in [5.74, 6) is -0.439. The second kappa shape index (κ2) is 4.53. The van der Waals surface area contributed by atoms with Gasteiger partial charge in [-0.2, -0.15) is 5.10 Å². The average Bonchev–Trinajstić information content (AvgIpc) is 2.67. The average molecular weight is 250 g/mol. The van der Waals surface area contributed by atoms with E-state index in [4.69, 9.17) is 5.73 Å². The van der Waals surface area contributed by atoms with Crippen LogP contribution in [0.4, 0.5) is 0 Å². The summed E-state index contributed by atoms with van der Waals surface area (Å²) in [6, 6.07) is -0.659. The van der Waals surface area contributed by atoms with Crippen molar-refractivity contribution in [3.05, 3.63) is 17.0 Å². The van der Waals surface area contributed by atoms with Crippen molar-refractivity contribution in [3.63, 3.8) is 0 Å². The van der Waals surface area contributed by atoms with Gasteiger partial charge in [-0.3, -0.25) is 19.2 Å². The van der Waals surface area contributed by atoms with Gasteiger partial charge in [0.1, 0.15) is 0 Å². The highest BCUT2D eigenvalue weighted by molar-refractivity contribution is 6.05. The van der Waals surface area contributed by atoms with Crippen LogP contribution < -0.4 is 5.73 Å². The number of carbonyl (C=O) groups is 2. The number of carbonyl (C=O) groups excluding carboxylic acids is 2. The van der Waals surface area contributed by atoms with Crippen LogP contribution in [0.5, 0.6) is 0 Å². The zero-order valence-electron chi connectivity index (χ0n) is 10.9. The van der Waals surface area contributed by atoms with Crippen molar-refractivity contribution < 1.29 is 9.59 Å². The highest BCUT2D eigenvalue weighted by atomic mass is 16.2. The first kappa shape index (κ1) is 12.8. The standard InChI is InChI=1S/C12H18N4O2/c1-7-9(8(2)15(3)14-7)4-5-16-11(17)6-10(13)12(16)18/h10H,4-6,13H2,1-3H3/t10-/m0/s1. The molecule has 18 heavy (non-hydrogen) atoms. The van der Waals surface area contributed by atoms with E-state index in [2.05, 4.69) is 5.10 Å². The smallest absolute Gasteiger partial charge is 0.246 e. The van der Waals surface area contributed by atoms with Crippen molar-refractivity contribution in [1.82, 2.24) is 14.7 Å². The molecule has 0 unspecified atom stereocenters. The van der Waals surface area contributed by atoms with Gasteiger partial charge in [-0.15, -0.1) is 0 Å². The van der Waals surface area contributed by atoms with Crippen LogP contribution in [0.25, 0.3) is 0 Å². The first-order chi connectivity index (χ1) is 8.41. The normalized spacial score (nSPS) is 20.0. The van der Waals surface area contributed by atoms with Crippen molar-refractivity contribution >= 4 is 11.8 Å². The molecule has 98 valence electrons. The van der Waals surface area contributed by atoms with E-state index in [1.165, 1.54) is 4.90 Å². The Balaban J connectivity index is 2.08. The van der Waals surface area contributed by atoms with Gasteiger partial charge in [0.2, 0.25) is 11.8 Å². The fourth-order valence-corrected chi connectivity index (χ4v) is 2.35. The van der Waals surface area contributed by atoms with E-state index in [-0.39, 0.29) is 18.2 Å². The molecule has 0 aromatic carbocycles. The largest absolute Gasteiger partial charge is 0.319 e. The summed E-state index contributed by atoms with van der Waals surface area (Å²) in [4.78, 5) is 24.5. The highest BCUT2D eigenvalue weighted by Gasteiger charge is 2.35. The second-order valence-corrected chi connectivity index (χ2v) is 4.72. The first-order valence-electron chi connectivity index (χ1n) is 6.00. The summed E-state index contributed by atoms with van der Waals surface area (Å²) < 4.78 is 1.81. The lowest BCUT2D eigenvalue weighted by Crippen LogP contribution is -2.36. The van der Waals surface area contributed by atoms with Crippen molar-refractivity contribution in [2.24, 2.45) is 12.8 Å². The minimum absolute atomic E-state index is 0.129. The maximum Gasteiger partial charge on any atom is 0.246 e. The number of aryl methyl sites for hydroxylation is 2. The third-order valence-corrected chi connectivity index (χ3v) is 3.52. The van der Waals surface area contributed by atoms with Gasteiger partial charge in [0.15, 0.2) is 0 Å². The van der Waals surface area contributed by atoms with Gasteiger partial charge < -0.3 is 5.73 Å². The van der Waals surface area contributed by atoms with E-state index in [0.29, 0.717) is 13.0 Å². The third kappa shape index (κ3) is 2.03. The Morgan fingerprint density at radius 1 is 1.39 bits per heavy atom. The van der Waals surface area contributed by atoms with Gasteiger partial charge in [-0.05, 0) is 25.8 Å². The second-order valence-electron chi connectivity index (χ2n) is 4.72. The molecule has 1 fully saturated rings. The fraction of sp³-hybridized carbons (Fsp3) is 0.583. The van der Waals surface area contributed by atoms with Gasteiger partial charge in [0.05, 0.1) is 18.2 Å². The molecule has 0 bridgehead atoms. The molecule has 1 aromatic heterocycles. The number of imide groups is 1. The Morgan fingerprint density at radius 2 is 2.06 bits per heavy atom. The molecule has 1 atom stereocenters. The van der Waals surface area contributed by atoms with Gasteiger partial charge in [0.25, 0.3) is 0 Å². The van der Waals surface area contributed by atoms with E-state index in [1.807, 2.05) is 25.6 Å². The van der Waals surface area contributed by atoms with E-state index in [1.54, 1.807) is 0 Å². The molecule has 0 aliphatic carbocycles. The molecule has 0 spiro atoms. The predicted molar refractivity (Wildman–Crippen MR) is 65.7 cm³/mol. The number of aromatic nitrogens is 2. The minimum Gasteiger partial charge on any atom is -0.319 e. The molecular weight excluding hydrogens is 232 g/mol. The van der Waals surface area contributed by atoms with Crippen molar-refractivity contribution in [2.75, 3.05) is 6.54 Å². The first-order valence-corrected chi connectivity index (χ1v) is 6.00. The zero-order chi connectivity index (χ0) is 13.4. The van der Waals surface area contributed by atoms with Crippen LogP contribution in [-0.2, 0) is 23.1 Å². The molecule has 6 nitrogen and oxygen atoms in total. The highest BCUT2D eigenvalue weighted by Crippen LogP contribution is 2.16. The molecule has 6 heteroatoms. The maximum atomic E-state index is 11.7. The number of amides is 2. The Labute approximate surface area is 106 Å². The molecule has 2 N–H and O–H groups in total. The van der Waals surface area contributed by atoms with Crippen LogP contribution in [0.2, 0.25) is 0 Å². The Morgan fingerprint density at radius 3 is 2.50 bits per heavy atom. The summed E-state index contributed by atoms with van der Waals surface area (Å²) >= 11 is 0. The summed E-state index contributed by atoms with van der Waals surface area (Å²) in [7, 11) is 1.88. The van der Waals surface area contributed by atoms with Crippen molar-refractivity contribution in [1.29, 1.82) is 0 Å². The summed E-state index contributed by atoms with van der Waals surface area (Å²) in [5, 5.41) is 4.31. The van der Waals surface area contributed by atoms with Gasteiger partial charge in [0, 0.05) is 19.3 Å². The SMILES string of the molecule is Cc1nn(C)c(C)c1CCN1C(=O)C[C@H](N)C1=O. The van der Waals surface area contributed by atoms with E-state index in [0.717, 1.165) is 17.0 Å². The number of nitrogens with two attached hydrogens (primary N) is 1. The molecule has 1 aromatic rings. The quantitative estimate of drug-likeness (QED) is 0.744. The predicted octanol–water partition coefficient (Wildman–Crippen LogP) is -0.334. The van der Waals surface area contributed by atoms with Gasteiger partial charge >= 0.3 is 0 Å². The molecular formula is C12H18N4O2. The summed E-state index contributed by atoms with van der Waals surface area (Å²) in [6.45, 7) is 4.30. The van der Waals surface area contributed by atoms with Crippen molar-refractivity contribution in [2.45, 2.75) is 32.7 Å². The molecule has 0 saturated carbocycles. The van der Waals surface area contributed by atoms with Crippen LogP contribution >= 0.6 is 0 Å². The lowest BCUT2D eigenvalue weighted by Gasteiger charge is -2.14. The topological polar surface area (TPSA) is 81.2 Å². The lowest BCUT2D eigenvalue weighted by atomic mass is 10.1. The van der Waals surface area contributed by atoms with Gasteiger partial charge in [-0.1, -0.05) is 0 Å². The Bertz CT molecular complexity index is 506. The number of nitrogens with zero attached hydrogens (tertiary/aromatic N) is 3. The molecule has 1 saturated heterocycles. The summed E-state index contributed by atoms with van der Waals surface area (Å²) in [5.41, 5.74) is 8.67. The van der Waals surface area contributed by atoms with Gasteiger partial charge in [-0.25, -0.2) is 0 Å². The van der Waals surface area contributed by atoms with Crippen LogP contribution in [0.3, 0.4) is 0 Å². The maximum absolute atomic E-state index is 11.7. The monoisotopic (exact) mass is 250 g/mol. The van der Waals surface area contributed by atoms with E-state index < -0.39 is 6.04 Å². The van der Waals surface area contributed by atoms with E-state index >= 15 is 0 Å². The lowest BCUT2D eigenvalue weighted by molar-refractivity contribution is -0.138. The molecule has 1 aliphatic heterocycles. The number of likely N-dealkylation sites (tertiary alicyclic amines) is 1. The number of rotatable bonds is 3. The third-order valence-electron chi connectivity index (χ3n) is 3.52. The minimum atomic E-state index is -0.659. The van der Waals surface area contributed by atoms with Crippen LogP contribution in [0.1, 0.15) is 23.4 Å². The zero-order valence-corrected chi connectivity index (χ0v) is 10.9. The Hall–Kier alpha value is -1.69. The van der Waals surface area contributed by atoms with E-state index in [9.17, 15) is 9.59 Å². The molecule has 1 aliphatic rings. The summed E-state index contributed by atoms with van der Waals surface area (Å²) in [6.07, 6.45) is 0.763. The molecule has 2 heterocycles. The molecule has 0 radical (unpaired) electrons. The number of hydrogen-bond acceptors (Lipinski definition) is 4. The molecule has 2 rings (SSSR count). The van der Waals surface area contributed by atoms with Crippen LogP contribution in [0, 0.1) is 13.8 Å².